The molecule has 1 rings (SSSR count). The van der Waals surface area contributed by atoms with Crippen LogP contribution in [-0.4, -0.2) is 30.4 Å². The first-order valence-electron chi connectivity index (χ1n) is 4.64. The van der Waals surface area contributed by atoms with Gasteiger partial charge in [-0.05, 0) is 18.6 Å². The lowest BCUT2D eigenvalue weighted by atomic mass is 10.0. The molecule has 0 aliphatic heterocycles. The van der Waals surface area contributed by atoms with Crippen LogP contribution in [-0.2, 0) is 9.53 Å². The Bertz CT molecular complexity index is 400. The zero-order chi connectivity index (χ0) is 12.3. The molecule has 0 saturated carbocycles. The van der Waals surface area contributed by atoms with E-state index in [1.807, 2.05) is 0 Å². The molecule has 1 aromatic rings. The lowest BCUT2D eigenvalue weighted by Gasteiger charge is -2.15. The molecule has 0 saturated heterocycles. The van der Waals surface area contributed by atoms with E-state index in [0.29, 0.717) is 11.1 Å². The first-order valence-corrected chi connectivity index (χ1v) is 4.64. The van der Waals surface area contributed by atoms with E-state index in [1.54, 1.807) is 6.92 Å². The number of benzene rings is 1. The van der Waals surface area contributed by atoms with Gasteiger partial charge in [-0.1, -0.05) is 0 Å². The molecular weight excluding hydrogens is 212 g/mol. The molecule has 0 radical (unpaired) electrons. The molecule has 5 heteroatoms. The summed E-state index contributed by atoms with van der Waals surface area (Å²) in [6, 6.07) is 2.76. The molecule has 0 aliphatic carbocycles. The minimum absolute atomic E-state index is 0.00941. The highest BCUT2D eigenvalue weighted by molar-refractivity contribution is 5.78. The number of esters is 1. The molecule has 0 fully saturated rings. The van der Waals surface area contributed by atoms with Gasteiger partial charge in [0.2, 0.25) is 0 Å². The van der Waals surface area contributed by atoms with Gasteiger partial charge < -0.3 is 19.7 Å². The number of aryl methyl sites for hydroxylation is 1. The van der Waals surface area contributed by atoms with Crippen LogP contribution in [0.1, 0.15) is 17.2 Å². The van der Waals surface area contributed by atoms with Crippen molar-refractivity contribution in [2.24, 2.45) is 0 Å². The number of phenols is 1. The van der Waals surface area contributed by atoms with Crippen LogP contribution in [0.4, 0.5) is 0 Å². The Morgan fingerprint density at radius 1 is 1.38 bits per heavy atom. The van der Waals surface area contributed by atoms with Gasteiger partial charge in [-0.25, -0.2) is 4.79 Å². The molecule has 88 valence electrons. The number of rotatable bonds is 3. The topological polar surface area (TPSA) is 76.0 Å². The molecule has 16 heavy (non-hydrogen) atoms. The maximum atomic E-state index is 11.2. The third-order valence-corrected chi connectivity index (χ3v) is 2.25. The van der Waals surface area contributed by atoms with E-state index >= 15 is 0 Å². The summed E-state index contributed by atoms with van der Waals surface area (Å²) in [7, 11) is 2.58. The van der Waals surface area contributed by atoms with E-state index in [2.05, 4.69) is 4.74 Å². The highest BCUT2D eigenvalue weighted by Gasteiger charge is 2.24. The van der Waals surface area contributed by atoms with Crippen molar-refractivity contribution >= 4 is 5.97 Å². The molecule has 0 aliphatic rings. The van der Waals surface area contributed by atoms with Gasteiger partial charge in [0.25, 0.3) is 0 Å². The lowest BCUT2D eigenvalue weighted by molar-refractivity contribution is -0.150. The van der Waals surface area contributed by atoms with Crippen LogP contribution >= 0.6 is 0 Å². The van der Waals surface area contributed by atoms with Crippen molar-refractivity contribution in [3.8, 4) is 11.5 Å². The summed E-state index contributed by atoms with van der Waals surface area (Å²) in [5, 5.41) is 19.1. The van der Waals surface area contributed by atoms with Crippen molar-refractivity contribution in [3.05, 3.63) is 23.3 Å². The number of carbonyl (C=O) groups is 1. The predicted molar refractivity (Wildman–Crippen MR) is 56.4 cm³/mol. The second kappa shape index (κ2) is 4.85. The number of phenolic OH excluding ortho intramolecular Hbond substituents is 1. The fraction of sp³-hybridized carbons (Fsp3) is 0.364. The average molecular weight is 226 g/mol. The average Bonchev–Trinajstić information content (AvgIpc) is 2.26. The molecule has 0 heterocycles. The summed E-state index contributed by atoms with van der Waals surface area (Å²) < 4.78 is 9.44. The molecule has 0 aromatic heterocycles. The standard InChI is InChI=1S/C11H14O5/c1-6-4-7(12)5-8(15-2)9(6)10(13)11(14)16-3/h4-5,10,12-13H,1-3H3. The number of carbonyl (C=O) groups excluding carboxylic acids is 1. The monoisotopic (exact) mass is 226 g/mol. The van der Waals surface area contributed by atoms with Crippen LogP contribution in [0, 0.1) is 6.92 Å². The quantitative estimate of drug-likeness (QED) is 0.749. The fourth-order valence-electron chi connectivity index (χ4n) is 1.50. The SMILES string of the molecule is COC(=O)C(O)c1c(C)cc(O)cc1OC. The summed E-state index contributed by atoms with van der Waals surface area (Å²) in [4.78, 5) is 11.2. The summed E-state index contributed by atoms with van der Waals surface area (Å²) in [6.07, 6.45) is -1.42. The number of methoxy groups -OCH3 is 2. The van der Waals surface area contributed by atoms with Gasteiger partial charge in [0, 0.05) is 11.6 Å². The molecule has 1 aromatic carbocycles. The highest BCUT2D eigenvalue weighted by Crippen LogP contribution is 2.32. The zero-order valence-electron chi connectivity index (χ0n) is 9.35. The molecular formula is C11H14O5. The van der Waals surface area contributed by atoms with Gasteiger partial charge >= 0.3 is 5.97 Å². The van der Waals surface area contributed by atoms with Crippen LogP contribution in [0.3, 0.4) is 0 Å². The van der Waals surface area contributed by atoms with Gasteiger partial charge in [-0.2, -0.15) is 0 Å². The second-order valence-electron chi connectivity index (χ2n) is 3.30. The summed E-state index contributed by atoms with van der Waals surface area (Å²) in [5.74, 6) is -0.516. The van der Waals surface area contributed by atoms with Gasteiger partial charge in [0.1, 0.15) is 11.5 Å². The molecule has 0 spiro atoms. The third kappa shape index (κ3) is 2.25. The Morgan fingerprint density at radius 3 is 2.50 bits per heavy atom. The van der Waals surface area contributed by atoms with Crippen LogP contribution in [0.15, 0.2) is 12.1 Å². The van der Waals surface area contributed by atoms with E-state index in [0.717, 1.165) is 0 Å². The predicted octanol–water partition coefficient (Wildman–Crippen LogP) is 0.916. The summed E-state index contributed by atoms with van der Waals surface area (Å²) in [6.45, 7) is 1.66. The molecule has 1 atom stereocenters. The van der Waals surface area contributed by atoms with E-state index in [4.69, 9.17) is 4.74 Å². The van der Waals surface area contributed by atoms with Crippen molar-refractivity contribution in [3.63, 3.8) is 0 Å². The number of hydrogen-bond donors (Lipinski definition) is 2. The number of aromatic hydroxyl groups is 1. The Morgan fingerprint density at radius 2 is 2.00 bits per heavy atom. The minimum Gasteiger partial charge on any atom is -0.508 e. The Labute approximate surface area is 93.2 Å². The second-order valence-corrected chi connectivity index (χ2v) is 3.30. The molecule has 5 nitrogen and oxygen atoms in total. The molecule has 2 N–H and O–H groups in total. The molecule has 0 amide bonds. The zero-order valence-corrected chi connectivity index (χ0v) is 9.35. The first-order chi connectivity index (χ1) is 7.51. The fourth-order valence-corrected chi connectivity index (χ4v) is 1.50. The normalized spacial score (nSPS) is 12.0. The third-order valence-electron chi connectivity index (χ3n) is 2.25. The van der Waals surface area contributed by atoms with Crippen molar-refractivity contribution < 1.29 is 24.5 Å². The van der Waals surface area contributed by atoms with Crippen LogP contribution < -0.4 is 4.74 Å². The highest BCUT2D eigenvalue weighted by atomic mass is 16.5. The van der Waals surface area contributed by atoms with Crippen LogP contribution in [0.5, 0.6) is 11.5 Å². The van der Waals surface area contributed by atoms with Gasteiger partial charge in [-0.15, -0.1) is 0 Å². The maximum absolute atomic E-state index is 11.2. The summed E-state index contributed by atoms with van der Waals surface area (Å²) >= 11 is 0. The Balaban J connectivity index is 3.26. The number of aliphatic hydroxyl groups is 1. The number of ether oxygens (including phenoxy) is 2. The maximum Gasteiger partial charge on any atom is 0.339 e. The summed E-state index contributed by atoms with van der Waals surface area (Å²) in [5.41, 5.74) is 0.849. The van der Waals surface area contributed by atoms with Crippen LogP contribution in [0.25, 0.3) is 0 Å². The molecule has 1 unspecified atom stereocenters. The van der Waals surface area contributed by atoms with E-state index in [1.165, 1.54) is 26.4 Å². The van der Waals surface area contributed by atoms with Gasteiger partial charge in [0.15, 0.2) is 6.10 Å². The van der Waals surface area contributed by atoms with Crippen molar-refractivity contribution in [1.82, 2.24) is 0 Å². The minimum atomic E-state index is -1.42. The van der Waals surface area contributed by atoms with Crippen molar-refractivity contribution in [2.75, 3.05) is 14.2 Å². The van der Waals surface area contributed by atoms with Crippen LogP contribution in [0.2, 0.25) is 0 Å². The lowest BCUT2D eigenvalue weighted by Crippen LogP contribution is -2.15. The smallest absolute Gasteiger partial charge is 0.339 e. The van der Waals surface area contributed by atoms with Gasteiger partial charge in [-0.3, -0.25) is 0 Å². The van der Waals surface area contributed by atoms with Gasteiger partial charge in [0.05, 0.1) is 14.2 Å². The first kappa shape index (κ1) is 12.3. The van der Waals surface area contributed by atoms with E-state index in [-0.39, 0.29) is 11.5 Å². The van der Waals surface area contributed by atoms with Crippen molar-refractivity contribution in [2.45, 2.75) is 13.0 Å². The van der Waals surface area contributed by atoms with Crippen molar-refractivity contribution in [1.29, 1.82) is 0 Å². The number of aliphatic hydroxyl groups excluding tert-OH is 1. The Kier molecular flexibility index (Phi) is 3.73. The number of hydrogen-bond acceptors (Lipinski definition) is 5. The van der Waals surface area contributed by atoms with E-state index < -0.39 is 12.1 Å². The Hall–Kier alpha value is -1.75. The largest absolute Gasteiger partial charge is 0.508 e. The van der Waals surface area contributed by atoms with E-state index in [9.17, 15) is 15.0 Å². The molecule has 0 bridgehead atoms.